The molecule has 1 heterocycles. The lowest BCUT2D eigenvalue weighted by Gasteiger charge is -2.24. The van der Waals surface area contributed by atoms with Gasteiger partial charge in [-0.15, -0.1) is 0 Å². The highest BCUT2D eigenvalue weighted by Crippen LogP contribution is 2.39. The van der Waals surface area contributed by atoms with Crippen molar-refractivity contribution in [2.75, 3.05) is 87.8 Å². The summed E-state index contributed by atoms with van der Waals surface area (Å²) in [5.74, 6) is -2.79. The first-order chi connectivity index (χ1) is 26.7. The molecule has 2 atom stereocenters. The van der Waals surface area contributed by atoms with E-state index in [-0.39, 0.29) is 49.0 Å². The molecule has 1 aliphatic heterocycles. The Hall–Kier alpha value is -5.35. The summed E-state index contributed by atoms with van der Waals surface area (Å²) < 4.78 is 75.3. The van der Waals surface area contributed by atoms with Crippen LogP contribution in [0.15, 0.2) is 36.4 Å². The number of rotatable bonds is 21. The average molecular weight is 805 g/mol. The fraction of sp³-hybridized carbons (Fsp3) is 0.486. The zero-order chi connectivity index (χ0) is 41.7. The number of carbonyl (C=O) groups excluding carboxylic acids is 3. The molecule has 3 amide bonds. The van der Waals surface area contributed by atoms with E-state index < -0.39 is 42.0 Å². The topological polar surface area (TPSA) is 236 Å². The van der Waals surface area contributed by atoms with Crippen LogP contribution in [-0.2, 0) is 28.6 Å². The number of likely N-dealkylation sites (tertiary alicyclic amines) is 1. The summed E-state index contributed by atoms with van der Waals surface area (Å²) >= 11 is 0. The van der Waals surface area contributed by atoms with Crippen molar-refractivity contribution in [2.45, 2.75) is 24.7 Å². The van der Waals surface area contributed by atoms with Crippen LogP contribution in [0.3, 0.4) is 0 Å². The number of alkyl halides is 3. The second-order valence-electron chi connectivity index (χ2n) is 11.3. The lowest BCUT2D eigenvalue weighted by Crippen LogP contribution is -2.45. The van der Waals surface area contributed by atoms with Gasteiger partial charge in [0.05, 0.1) is 68.1 Å². The maximum atomic E-state index is 13.8. The summed E-state index contributed by atoms with van der Waals surface area (Å²) in [7, 11) is 5.87. The van der Waals surface area contributed by atoms with Crippen LogP contribution in [0.4, 0.5) is 13.2 Å². The summed E-state index contributed by atoms with van der Waals surface area (Å²) in [6.45, 7) is 3.01. The van der Waals surface area contributed by atoms with Crippen LogP contribution in [-0.4, -0.2) is 145 Å². The molecule has 1 saturated heterocycles. The first-order valence-corrected chi connectivity index (χ1v) is 16.8. The van der Waals surface area contributed by atoms with Crippen molar-refractivity contribution in [3.05, 3.63) is 47.5 Å². The Bertz CT molecular complexity index is 1590. The van der Waals surface area contributed by atoms with Gasteiger partial charge in [-0.3, -0.25) is 19.6 Å². The number of nitrogens with one attached hydrogen (secondary N) is 2. The minimum Gasteiger partial charge on any atom is -0.493 e. The fourth-order valence-electron chi connectivity index (χ4n) is 5.01. The molecule has 0 aliphatic carbocycles. The average Bonchev–Trinajstić information content (AvgIpc) is 3.61. The van der Waals surface area contributed by atoms with E-state index in [2.05, 4.69) is 5.32 Å². The number of carbonyl (C=O) groups is 4. The van der Waals surface area contributed by atoms with E-state index in [4.69, 9.17) is 53.5 Å². The smallest absolute Gasteiger partial charge is 0.490 e. The number of halogens is 3. The van der Waals surface area contributed by atoms with E-state index in [1.165, 1.54) is 51.5 Å². The first kappa shape index (κ1) is 46.8. The molecule has 3 rings (SSSR count). The van der Waals surface area contributed by atoms with Crippen LogP contribution in [0.2, 0.25) is 0 Å². The van der Waals surface area contributed by atoms with Gasteiger partial charge in [0.2, 0.25) is 11.7 Å². The number of carboxylic acids is 1. The van der Waals surface area contributed by atoms with Crippen LogP contribution in [0.25, 0.3) is 6.08 Å². The maximum absolute atomic E-state index is 13.8. The van der Waals surface area contributed by atoms with Gasteiger partial charge >= 0.3 is 12.1 Å². The Kier molecular flexibility index (Phi) is 20.2. The molecule has 1 aliphatic rings. The van der Waals surface area contributed by atoms with E-state index >= 15 is 0 Å². The molecule has 0 saturated carbocycles. The van der Waals surface area contributed by atoms with Gasteiger partial charge in [-0.2, -0.15) is 13.2 Å². The highest BCUT2D eigenvalue weighted by Gasteiger charge is 2.41. The Balaban J connectivity index is 0.00000141. The molecule has 0 aromatic heterocycles. The maximum Gasteiger partial charge on any atom is 0.490 e. The van der Waals surface area contributed by atoms with Gasteiger partial charge < -0.3 is 59.0 Å². The second-order valence-corrected chi connectivity index (χ2v) is 11.3. The van der Waals surface area contributed by atoms with Crippen LogP contribution >= 0.6 is 0 Å². The number of ether oxygens (including phenoxy) is 8. The highest BCUT2D eigenvalue weighted by atomic mass is 19.4. The largest absolute Gasteiger partial charge is 0.493 e. The third-order valence-corrected chi connectivity index (χ3v) is 7.59. The first-order valence-electron chi connectivity index (χ1n) is 16.8. The van der Waals surface area contributed by atoms with Crippen molar-refractivity contribution >= 4 is 29.8 Å². The van der Waals surface area contributed by atoms with Gasteiger partial charge in [-0.1, -0.05) is 6.07 Å². The molecule has 1 fully saturated rings. The number of methoxy groups -OCH3 is 4. The minimum absolute atomic E-state index is 0.00246. The molecule has 0 bridgehead atoms. The molecule has 0 unspecified atom stereocenters. The number of amides is 3. The van der Waals surface area contributed by atoms with Crippen molar-refractivity contribution in [1.29, 1.82) is 0 Å². The van der Waals surface area contributed by atoms with Crippen LogP contribution in [0.1, 0.15) is 22.3 Å². The normalized spacial score (nSPS) is 15.1. The molecule has 56 heavy (non-hydrogen) atoms. The number of nitrogens with zero attached hydrogens (tertiary/aromatic N) is 1. The van der Waals surface area contributed by atoms with Crippen molar-refractivity contribution in [1.82, 2.24) is 15.7 Å². The van der Waals surface area contributed by atoms with Gasteiger partial charge in [-0.25, -0.2) is 10.3 Å². The third kappa shape index (κ3) is 15.1. The second kappa shape index (κ2) is 24.2. The van der Waals surface area contributed by atoms with E-state index in [9.17, 15) is 32.8 Å². The summed E-state index contributed by atoms with van der Waals surface area (Å²) in [5.41, 5.74) is 7.81. The highest BCUT2D eigenvalue weighted by molar-refractivity contribution is 5.99. The van der Waals surface area contributed by atoms with Crippen molar-refractivity contribution in [2.24, 2.45) is 5.73 Å². The molecule has 0 radical (unpaired) electrons. The number of hydrogen-bond donors (Lipinski definition) is 5. The van der Waals surface area contributed by atoms with Gasteiger partial charge in [0, 0.05) is 30.8 Å². The van der Waals surface area contributed by atoms with E-state index in [0.717, 1.165) is 0 Å². The standard InChI is InChI=1S/C33H46N4O12.C2HF3O2/c1-42-26-7-5-22(17-27(26)43-2)6-8-30(38)35-24-20-25(32(39)36-41)37(21-24)33(40)23-18-28(44-3)31(29(19-23)45-4)49-16-15-48-14-13-47-12-11-46-10-9-34;3-2(4,5)1(6)7/h5-8,17-19,24-25,41H,9-16,20-21,34H2,1-4H3,(H,35,38)(H,36,39);(H,6,7)/b8-6+;/t24-,25+;/m1./s1. The number of hydroxylamine groups is 1. The van der Waals surface area contributed by atoms with Crippen molar-refractivity contribution < 1.29 is 80.6 Å². The van der Waals surface area contributed by atoms with Gasteiger partial charge in [-0.05, 0) is 42.3 Å². The quantitative estimate of drug-likeness (QED) is 0.0523. The lowest BCUT2D eigenvalue weighted by molar-refractivity contribution is -0.192. The SMILES string of the molecule is COc1ccc(/C=C/C(=O)N[C@@H]2C[C@@H](C(=O)NO)N(C(=O)c3cc(OC)c(OCCOCCOCCOCCN)c(OC)c3)C2)cc1OC.O=C(O)C(F)(F)F. The van der Waals surface area contributed by atoms with Crippen LogP contribution in [0.5, 0.6) is 28.7 Å². The molecule has 21 heteroatoms. The molecule has 18 nitrogen and oxygen atoms in total. The molecular formula is C35H47F3N4O14. The molecule has 2 aromatic carbocycles. The summed E-state index contributed by atoms with van der Waals surface area (Å²) in [6.07, 6.45) is -2.09. The fourth-order valence-corrected chi connectivity index (χ4v) is 5.01. The molecular weight excluding hydrogens is 757 g/mol. The van der Waals surface area contributed by atoms with E-state index in [0.29, 0.717) is 56.6 Å². The predicted molar refractivity (Wildman–Crippen MR) is 190 cm³/mol. The lowest BCUT2D eigenvalue weighted by atomic mass is 10.1. The Morgan fingerprint density at radius 3 is 1.88 bits per heavy atom. The van der Waals surface area contributed by atoms with Crippen LogP contribution in [0, 0.1) is 0 Å². The van der Waals surface area contributed by atoms with Gasteiger partial charge in [0.25, 0.3) is 11.8 Å². The van der Waals surface area contributed by atoms with Crippen molar-refractivity contribution in [3.63, 3.8) is 0 Å². The number of aliphatic carboxylic acids is 1. The number of benzene rings is 2. The monoisotopic (exact) mass is 804 g/mol. The molecule has 312 valence electrons. The van der Waals surface area contributed by atoms with Crippen LogP contribution < -0.4 is 40.2 Å². The predicted octanol–water partition coefficient (Wildman–Crippen LogP) is 1.66. The zero-order valence-corrected chi connectivity index (χ0v) is 31.2. The minimum atomic E-state index is -5.08. The van der Waals surface area contributed by atoms with Crippen molar-refractivity contribution in [3.8, 4) is 28.7 Å². The molecule has 2 aromatic rings. The molecule has 0 spiro atoms. The Morgan fingerprint density at radius 2 is 1.38 bits per heavy atom. The number of carboxylic acid groups (broad SMARTS) is 1. The summed E-state index contributed by atoms with van der Waals surface area (Å²) in [4.78, 5) is 49.3. The Labute approximate surface area is 320 Å². The van der Waals surface area contributed by atoms with E-state index in [1.54, 1.807) is 29.8 Å². The molecule has 6 N–H and O–H groups in total. The van der Waals surface area contributed by atoms with Gasteiger partial charge in [0.15, 0.2) is 23.0 Å². The number of hydrogen-bond acceptors (Lipinski definition) is 14. The summed E-state index contributed by atoms with van der Waals surface area (Å²) in [6, 6.07) is 6.47. The Morgan fingerprint density at radius 1 is 0.839 bits per heavy atom. The summed E-state index contributed by atoms with van der Waals surface area (Å²) in [5, 5.41) is 19.3. The van der Waals surface area contributed by atoms with Gasteiger partial charge in [0.1, 0.15) is 12.6 Å². The van der Waals surface area contributed by atoms with E-state index in [1.807, 2.05) is 0 Å². The third-order valence-electron chi connectivity index (χ3n) is 7.59. The number of nitrogens with two attached hydrogens (primary N) is 1. The zero-order valence-electron chi connectivity index (χ0n) is 31.2.